The van der Waals surface area contributed by atoms with Crippen molar-refractivity contribution in [2.75, 3.05) is 6.61 Å². The first kappa shape index (κ1) is 18.1. The standard InChI is InChI=1S/C20H16N2O5S/c1-10-7-13(12(3)28-10)15-8-14(18-11(2)22-27-19(18)21-15)20(24)26-9-16(23)17-5-4-6-25-17/h4-8H,9H2,1-3H3. The molecule has 0 radical (unpaired) electrons. The average Bonchev–Trinajstić information content (AvgIpc) is 3.40. The molecule has 0 amide bonds. The Balaban J connectivity index is 1.70. The fourth-order valence-corrected chi connectivity index (χ4v) is 3.93. The summed E-state index contributed by atoms with van der Waals surface area (Å²) < 4.78 is 15.5. The number of ketones is 1. The number of carbonyl (C=O) groups is 2. The third kappa shape index (κ3) is 3.22. The molecule has 0 atom stereocenters. The van der Waals surface area contributed by atoms with Crippen LogP contribution in [0.5, 0.6) is 0 Å². The molecule has 0 aliphatic carbocycles. The Morgan fingerprint density at radius 3 is 2.71 bits per heavy atom. The molecule has 0 saturated carbocycles. The van der Waals surface area contributed by atoms with Crippen molar-refractivity contribution in [3.8, 4) is 11.3 Å². The number of rotatable bonds is 5. The Bertz CT molecular complexity index is 1190. The van der Waals surface area contributed by atoms with Gasteiger partial charge in [0.05, 0.1) is 28.6 Å². The maximum Gasteiger partial charge on any atom is 0.339 e. The van der Waals surface area contributed by atoms with Crippen LogP contribution in [-0.2, 0) is 4.74 Å². The molecule has 0 unspecified atom stereocenters. The van der Waals surface area contributed by atoms with Gasteiger partial charge in [0.25, 0.3) is 5.71 Å². The number of carbonyl (C=O) groups excluding carboxylic acids is 2. The number of Topliss-reactive ketones (excluding diaryl/α,β-unsaturated/α-hetero) is 1. The molecule has 0 fully saturated rings. The summed E-state index contributed by atoms with van der Waals surface area (Å²) in [6.45, 7) is 5.29. The van der Waals surface area contributed by atoms with E-state index in [1.807, 2.05) is 19.9 Å². The lowest BCUT2D eigenvalue weighted by Gasteiger charge is -2.07. The molecule has 28 heavy (non-hydrogen) atoms. The van der Waals surface area contributed by atoms with Crippen molar-refractivity contribution >= 4 is 34.2 Å². The lowest BCUT2D eigenvalue weighted by molar-refractivity contribution is 0.0469. The number of thiophene rings is 1. The number of esters is 1. The highest BCUT2D eigenvalue weighted by Crippen LogP contribution is 2.33. The summed E-state index contributed by atoms with van der Waals surface area (Å²) in [7, 11) is 0. The average molecular weight is 396 g/mol. The minimum atomic E-state index is -0.649. The molecule has 0 aliphatic heterocycles. The second-order valence-corrected chi connectivity index (χ2v) is 7.77. The number of hydrogen-bond donors (Lipinski definition) is 0. The predicted octanol–water partition coefficient (Wildman–Crippen LogP) is 4.51. The van der Waals surface area contributed by atoms with E-state index in [1.54, 1.807) is 30.4 Å². The van der Waals surface area contributed by atoms with E-state index in [4.69, 9.17) is 13.7 Å². The van der Waals surface area contributed by atoms with E-state index in [1.165, 1.54) is 12.3 Å². The quantitative estimate of drug-likeness (QED) is 0.362. The van der Waals surface area contributed by atoms with Crippen LogP contribution in [0, 0.1) is 20.8 Å². The van der Waals surface area contributed by atoms with Crippen molar-refractivity contribution in [3.05, 3.63) is 57.3 Å². The van der Waals surface area contributed by atoms with Gasteiger partial charge in [-0.3, -0.25) is 4.79 Å². The number of pyridine rings is 1. The summed E-state index contributed by atoms with van der Waals surface area (Å²) in [6, 6.07) is 6.78. The number of aromatic nitrogens is 2. The maximum atomic E-state index is 12.8. The predicted molar refractivity (Wildman–Crippen MR) is 103 cm³/mol. The first-order valence-electron chi connectivity index (χ1n) is 8.52. The van der Waals surface area contributed by atoms with Crippen molar-refractivity contribution < 1.29 is 23.3 Å². The van der Waals surface area contributed by atoms with Crippen LogP contribution in [0.1, 0.15) is 36.4 Å². The Morgan fingerprint density at radius 1 is 1.21 bits per heavy atom. The molecule has 4 heterocycles. The van der Waals surface area contributed by atoms with Crippen LogP contribution in [0.4, 0.5) is 0 Å². The summed E-state index contributed by atoms with van der Waals surface area (Å²) in [5.74, 6) is -0.932. The van der Waals surface area contributed by atoms with E-state index in [0.717, 1.165) is 15.3 Å². The lowest BCUT2D eigenvalue weighted by Crippen LogP contribution is -2.14. The molecule has 0 aliphatic rings. The van der Waals surface area contributed by atoms with Gasteiger partial charge in [0.15, 0.2) is 12.4 Å². The van der Waals surface area contributed by atoms with Crippen LogP contribution in [0.2, 0.25) is 0 Å². The van der Waals surface area contributed by atoms with Gasteiger partial charge in [0, 0.05) is 15.3 Å². The van der Waals surface area contributed by atoms with Gasteiger partial charge < -0.3 is 13.7 Å². The molecule has 4 rings (SSSR count). The number of furan rings is 1. The first-order chi connectivity index (χ1) is 13.4. The van der Waals surface area contributed by atoms with Gasteiger partial charge >= 0.3 is 5.97 Å². The highest BCUT2D eigenvalue weighted by Gasteiger charge is 2.22. The normalized spacial score (nSPS) is 11.1. The fraction of sp³-hybridized carbons (Fsp3) is 0.200. The van der Waals surface area contributed by atoms with E-state index in [-0.39, 0.29) is 17.0 Å². The van der Waals surface area contributed by atoms with Gasteiger partial charge in [0.2, 0.25) is 5.78 Å². The molecular formula is C20H16N2O5S. The van der Waals surface area contributed by atoms with Crippen LogP contribution in [0.3, 0.4) is 0 Å². The zero-order valence-corrected chi connectivity index (χ0v) is 16.3. The van der Waals surface area contributed by atoms with Gasteiger partial charge in [0.1, 0.15) is 0 Å². The smallest absolute Gasteiger partial charge is 0.339 e. The molecule has 0 aromatic carbocycles. The largest absolute Gasteiger partial charge is 0.461 e. The molecule has 0 N–H and O–H groups in total. The van der Waals surface area contributed by atoms with Crippen LogP contribution in [-0.4, -0.2) is 28.5 Å². The van der Waals surface area contributed by atoms with Crippen molar-refractivity contribution in [1.29, 1.82) is 0 Å². The third-order valence-corrected chi connectivity index (χ3v) is 5.25. The van der Waals surface area contributed by atoms with Crippen LogP contribution in [0.15, 0.2) is 39.5 Å². The van der Waals surface area contributed by atoms with Crippen molar-refractivity contribution in [2.45, 2.75) is 20.8 Å². The summed E-state index contributed by atoms with van der Waals surface area (Å²) in [5.41, 5.74) is 2.54. The van der Waals surface area contributed by atoms with E-state index in [2.05, 4.69) is 10.1 Å². The Morgan fingerprint density at radius 2 is 2.04 bits per heavy atom. The van der Waals surface area contributed by atoms with Crippen LogP contribution < -0.4 is 0 Å². The van der Waals surface area contributed by atoms with Gasteiger partial charge in [-0.25, -0.2) is 9.78 Å². The first-order valence-corrected chi connectivity index (χ1v) is 9.34. The van der Waals surface area contributed by atoms with E-state index >= 15 is 0 Å². The van der Waals surface area contributed by atoms with Crippen molar-refractivity contribution in [2.24, 2.45) is 0 Å². The van der Waals surface area contributed by atoms with E-state index in [0.29, 0.717) is 16.8 Å². The molecule has 7 nitrogen and oxygen atoms in total. The number of hydrogen-bond acceptors (Lipinski definition) is 8. The zero-order chi connectivity index (χ0) is 19.8. The van der Waals surface area contributed by atoms with Crippen LogP contribution in [0.25, 0.3) is 22.4 Å². The number of nitrogens with zero attached hydrogens (tertiary/aromatic N) is 2. The summed E-state index contributed by atoms with van der Waals surface area (Å²) in [5, 5.41) is 4.39. The van der Waals surface area contributed by atoms with Gasteiger partial charge in [-0.05, 0) is 45.0 Å². The molecule has 4 aromatic heterocycles. The molecule has 0 saturated heterocycles. The zero-order valence-electron chi connectivity index (χ0n) is 15.4. The molecule has 8 heteroatoms. The number of ether oxygens (including phenoxy) is 1. The Hall–Kier alpha value is -3.26. The second-order valence-electron chi connectivity index (χ2n) is 6.31. The van der Waals surface area contributed by atoms with E-state index < -0.39 is 18.4 Å². The monoisotopic (exact) mass is 396 g/mol. The van der Waals surface area contributed by atoms with E-state index in [9.17, 15) is 9.59 Å². The highest BCUT2D eigenvalue weighted by atomic mass is 32.1. The lowest BCUT2D eigenvalue weighted by atomic mass is 10.1. The molecule has 4 aromatic rings. The number of aryl methyl sites for hydroxylation is 3. The SMILES string of the molecule is Cc1cc(-c2cc(C(=O)OCC(=O)c3ccco3)c3c(C)noc3n2)c(C)s1. The third-order valence-electron chi connectivity index (χ3n) is 4.28. The summed E-state index contributed by atoms with van der Waals surface area (Å²) in [6.07, 6.45) is 1.39. The topological polar surface area (TPSA) is 95.4 Å². The second kappa shape index (κ2) is 7.05. The molecular weight excluding hydrogens is 380 g/mol. The number of fused-ring (bicyclic) bond motifs is 1. The Kier molecular flexibility index (Phi) is 4.56. The molecule has 0 bridgehead atoms. The van der Waals surface area contributed by atoms with Gasteiger partial charge in [-0.2, -0.15) is 0 Å². The van der Waals surface area contributed by atoms with Crippen molar-refractivity contribution in [1.82, 2.24) is 10.1 Å². The van der Waals surface area contributed by atoms with Crippen molar-refractivity contribution in [3.63, 3.8) is 0 Å². The van der Waals surface area contributed by atoms with Gasteiger partial charge in [-0.1, -0.05) is 5.16 Å². The minimum absolute atomic E-state index is 0.138. The minimum Gasteiger partial charge on any atom is -0.461 e. The fourth-order valence-electron chi connectivity index (χ4n) is 3.00. The highest BCUT2D eigenvalue weighted by molar-refractivity contribution is 7.12. The molecule has 142 valence electrons. The Labute approximate surface area is 163 Å². The summed E-state index contributed by atoms with van der Waals surface area (Å²) >= 11 is 1.64. The maximum absolute atomic E-state index is 12.8. The van der Waals surface area contributed by atoms with Gasteiger partial charge in [-0.15, -0.1) is 11.3 Å². The summed E-state index contributed by atoms with van der Waals surface area (Å²) in [4.78, 5) is 31.5. The van der Waals surface area contributed by atoms with Crippen LogP contribution >= 0.6 is 11.3 Å². The molecule has 0 spiro atoms.